The van der Waals surface area contributed by atoms with Crippen LogP contribution in [0, 0.1) is 6.42 Å². The van der Waals surface area contributed by atoms with Crippen LogP contribution in [0.15, 0.2) is 30.3 Å². The van der Waals surface area contributed by atoms with Crippen molar-refractivity contribution in [3.8, 4) is 0 Å². The second-order valence-corrected chi connectivity index (χ2v) is 4.00. The summed E-state index contributed by atoms with van der Waals surface area (Å²) in [6.07, 6.45) is 7.58. The van der Waals surface area contributed by atoms with Gasteiger partial charge in [0.2, 0.25) is 0 Å². The highest BCUT2D eigenvalue weighted by atomic mass is 14.9. The predicted octanol–water partition coefficient (Wildman–Crippen LogP) is 2.77. The Kier molecular flexibility index (Phi) is 3.58. The normalized spacial score (nSPS) is 22.1. The number of rotatable bonds is 3. The quantitative estimate of drug-likeness (QED) is 0.769. The molecule has 1 saturated heterocycles. The lowest BCUT2D eigenvalue weighted by Gasteiger charge is -2.23. The van der Waals surface area contributed by atoms with E-state index in [1.165, 1.54) is 37.8 Å². The van der Waals surface area contributed by atoms with Crippen molar-refractivity contribution in [1.29, 1.82) is 0 Å². The third-order valence-electron chi connectivity index (χ3n) is 2.85. The predicted molar refractivity (Wildman–Crippen MR) is 60.1 cm³/mol. The third-order valence-corrected chi connectivity index (χ3v) is 2.85. The fourth-order valence-electron chi connectivity index (χ4n) is 1.99. The fourth-order valence-corrected chi connectivity index (χ4v) is 1.99. The molecule has 0 bridgehead atoms. The molecule has 1 fully saturated rings. The van der Waals surface area contributed by atoms with E-state index in [-0.39, 0.29) is 0 Å². The smallest absolute Gasteiger partial charge is 0.00731 e. The molecule has 1 radical (unpaired) electrons. The van der Waals surface area contributed by atoms with E-state index in [1.807, 2.05) is 0 Å². The molecule has 1 N–H and O–H groups in total. The summed E-state index contributed by atoms with van der Waals surface area (Å²) in [5.41, 5.74) is 1.35. The van der Waals surface area contributed by atoms with E-state index in [0.29, 0.717) is 6.04 Å². The van der Waals surface area contributed by atoms with Gasteiger partial charge < -0.3 is 5.32 Å². The van der Waals surface area contributed by atoms with Gasteiger partial charge in [0.05, 0.1) is 0 Å². The van der Waals surface area contributed by atoms with Gasteiger partial charge in [0.1, 0.15) is 0 Å². The summed E-state index contributed by atoms with van der Waals surface area (Å²) < 4.78 is 0. The van der Waals surface area contributed by atoms with Crippen molar-refractivity contribution in [2.24, 2.45) is 0 Å². The van der Waals surface area contributed by atoms with E-state index < -0.39 is 0 Å². The summed E-state index contributed by atoms with van der Waals surface area (Å²) in [6, 6.07) is 11.3. The minimum atomic E-state index is 0.712. The largest absolute Gasteiger partial charge is 0.314 e. The average molecular weight is 188 g/mol. The van der Waals surface area contributed by atoms with Crippen LogP contribution in [0.4, 0.5) is 0 Å². The molecule has 0 saturated carbocycles. The van der Waals surface area contributed by atoms with Crippen LogP contribution in [-0.2, 0) is 0 Å². The minimum absolute atomic E-state index is 0.712. The molecule has 1 aromatic rings. The van der Waals surface area contributed by atoms with E-state index in [1.54, 1.807) is 0 Å². The maximum Gasteiger partial charge on any atom is 0.00731 e. The fraction of sp³-hybridized carbons (Fsp3) is 0.462. The van der Waals surface area contributed by atoms with E-state index in [9.17, 15) is 0 Å². The van der Waals surface area contributed by atoms with Crippen LogP contribution >= 0.6 is 0 Å². The zero-order valence-corrected chi connectivity index (χ0v) is 8.58. The van der Waals surface area contributed by atoms with Crippen LogP contribution in [0.3, 0.4) is 0 Å². The van der Waals surface area contributed by atoms with Gasteiger partial charge in [-0.1, -0.05) is 36.8 Å². The van der Waals surface area contributed by atoms with Gasteiger partial charge in [0.25, 0.3) is 0 Å². The molecule has 1 heteroatoms. The van der Waals surface area contributed by atoms with Gasteiger partial charge in [-0.05, 0) is 37.8 Å². The van der Waals surface area contributed by atoms with Crippen molar-refractivity contribution in [2.75, 3.05) is 6.54 Å². The van der Waals surface area contributed by atoms with Crippen molar-refractivity contribution in [3.63, 3.8) is 0 Å². The van der Waals surface area contributed by atoms with Crippen molar-refractivity contribution >= 4 is 0 Å². The third kappa shape index (κ3) is 2.85. The van der Waals surface area contributed by atoms with Crippen LogP contribution in [0.5, 0.6) is 0 Å². The molecule has 1 aliphatic heterocycles. The van der Waals surface area contributed by atoms with Gasteiger partial charge in [-0.2, -0.15) is 0 Å². The van der Waals surface area contributed by atoms with Crippen molar-refractivity contribution in [1.82, 2.24) is 5.32 Å². The van der Waals surface area contributed by atoms with Crippen molar-refractivity contribution in [2.45, 2.75) is 31.7 Å². The van der Waals surface area contributed by atoms with Crippen LogP contribution in [0.25, 0.3) is 0 Å². The summed E-state index contributed by atoms with van der Waals surface area (Å²) in [4.78, 5) is 0. The maximum atomic E-state index is 3.56. The highest BCUT2D eigenvalue weighted by Gasteiger charge is 2.11. The number of benzene rings is 1. The van der Waals surface area contributed by atoms with Crippen LogP contribution in [0.2, 0.25) is 0 Å². The Morgan fingerprint density at radius 2 is 2.07 bits per heavy atom. The number of hydrogen-bond donors (Lipinski definition) is 1. The maximum absolute atomic E-state index is 3.56. The summed E-state index contributed by atoms with van der Waals surface area (Å²) in [7, 11) is 0. The molecular weight excluding hydrogens is 170 g/mol. The Bertz CT molecular complexity index is 249. The monoisotopic (exact) mass is 188 g/mol. The van der Waals surface area contributed by atoms with Crippen molar-refractivity contribution < 1.29 is 0 Å². The Morgan fingerprint density at radius 3 is 2.79 bits per heavy atom. The SMILES string of the molecule is [CH](CC1CCCCN1)c1ccccc1. The molecule has 0 aromatic heterocycles. The van der Waals surface area contributed by atoms with Crippen molar-refractivity contribution in [3.05, 3.63) is 42.3 Å². The average Bonchev–Trinajstić information content (AvgIpc) is 2.29. The van der Waals surface area contributed by atoms with Gasteiger partial charge in [0, 0.05) is 6.04 Å². The van der Waals surface area contributed by atoms with E-state index in [4.69, 9.17) is 0 Å². The lowest BCUT2D eigenvalue weighted by molar-refractivity contribution is 0.398. The van der Waals surface area contributed by atoms with Gasteiger partial charge in [-0.25, -0.2) is 0 Å². The first-order valence-electron chi connectivity index (χ1n) is 5.57. The molecule has 1 atom stereocenters. The Hall–Kier alpha value is -0.820. The number of nitrogens with one attached hydrogen (secondary N) is 1. The molecule has 1 heterocycles. The van der Waals surface area contributed by atoms with Gasteiger partial charge in [-0.15, -0.1) is 0 Å². The number of piperidine rings is 1. The summed E-state index contributed by atoms with van der Waals surface area (Å²) >= 11 is 0. The Balaban J connectivity index is 1.76. The van der Waals surface area contributed by atoms with E-state index in [2.05, 4.69) is 42.1 Å². The zero-order chi connectivity index (χ0) is 9.64. The molecule has 0 amide bonds. The molecule has 1 unspecified atom stereocenters. The molecule has 1 aliphatic rings. The summed E-state index contributed by atoms with van der Waals surface area (Å²) in [5.74, 6) is 0. The first-order chi connectivity index (χ1) is 6.95. The molecular formula is C13H18N. The van der Waals surface area contributed by atoms with E-state index >= 15 is 0 Å². The molecule has 75 valence electrons. The zero-order valence-electron chi connectivity index (χ0n) is 8.58. The van der Waals surface area contributed by atoms with Gasteiger partial charge >= 0.3 is 0 Å². The highest BCUT2D eigenvalue weighted by Crippen LogP contribution is 2.14. The highest BCUT2D eigenvalue weighted by molar-refractivity contribution is 5.22. The molecule has 0 spiro atoms. The standard InChI is InChI=1S/C13H18N/c1-2-6-12(7-3-1)9-10-13-8-4-5-11-14-13/h1-3,6-7,9,13-14H,4-5,8,10-11H2. The van der Waals surface area contributed by atoms with E-state index in [0.717, 1.165) is 0 Å². The Morgan fingerprint density at radius 1 is 1.21 bits per heavy atom. The van der Waals surface area contributed by atoms with Crippen LogP contribution in [0.1, 0.15) is 31.2 Å². The Labute approximate surface area is 86.5 Å². The second kappa shape index (κ2) is 5.16. The molecule has 1 nitrogen and oxygen atoms in total. The molecule has 1 aromatic carbocycles. The molecule has 0 aliphatic carbocycles. The second-order valence-electron chi connectivity index (χ2n) is 4.00. The molecule has 2 rings (SSSR count). The number of hydrogen-bond acceptors (Lipinski definition) is 1. The molecule has 14 heavy (non-hydrogen) atoms. The first kappa shape index (κ1) is 9.72. The summed E-state index contributed by atoms with van der Waals surface area (Å²) in [6.45, 7) is 1.20. The topological polar surface area (TPSA) is 12.0 Å². The van der Waals surface area contributed by atoms with Crippen LogP contribution in [-0.4, -0.2) is 12.6 Å². The first-order valence-corrected chi connectivity index (χ1v) is 5.57. The van der Waals surface area contributed by atoms with Gasteiger partial charge in [0.15, 0.2) is 0 Å². The lowest BCUT2D eigenvalue weighted by Crippen LogP contribution is -2.33. The summed E-state index contributed by atoms with van der Waals surface area (Å²) in [5, 5.41) is 3.56. The minimum Gasteiger partial charge on any atom is -0.314 e. The lowest BCUT2D eigenvalue weighted by atomic mass is 9.98. The van der Waals surface area contributed by atoms with Crippen LogP contribution < -0.4 is 5.32 Å². The van der Waals surface area contributed by atoms with Gasteiger partial charge in [-0.3, -0.25) is 0 Å².